The topological polar surface area (TPSA) is 38.7 Å². The maximum Gasteiger partial charge on any atom is 0.152 e. The number of nitrogens with zero attached hydrogens (tertiary/aromatic N) is 3. The molecule has 0 fully saturated rings. The number of pyridine rings is 3. The summed E-state index contributed by atoms with van der Waals surface area (Å²) in [6.07, 6.45) is 3.91. The highest BCUT2D eigenvalue weighted by atomic mass is 19.1. The monoisotopic (exact) mass is 253 g/mol. The highest BCUT2D eigenvalue weighted by Crippen LogP contribution is 2.16. The molecule has 0 atom stereocenters. The van der Waals surface area contributed by atoms with E-state index >= 15 is 0 Å². The first kappa shape index (κ1) is 11.7. The zero-order chi connectivity index (χ0) is 13.2. The van der Waals surface area contributed by atoms with Crippen molar-refractivity contribution >= 4 is 11.0 Å². The lowest BCUT2D eigenvalue weighted by Gasteiger charge is -2.04. The van der Waals surface area contributed by atoms with Crippen LogP contribution in [0, 0.1) is 12.7 Å². The molecular formula is C15H12FN3. The molecule has 0 saturated carbocycles. The molecule has 0 aliphatic rings. The van der Waals surface area contributed by atoms with Gasteiger partial charge in [-0.1, -0.05) is 0 Å². The van der Waals surface area contributed by atoms with Gasteiger partial charge in [0.2, 0.25) is 0 Å². The molecule has 0 aliphatic heterocycles. The van der Waals surface area contributed by atoms with Crippen LogP contribution >= 0.6 is 0 Å². The summed E-state index contributed by atoms with van der Waals surface area (Å²) in [6.45, 7) is 1.93. The molecule has 94 valence electrons. The van der Waals surface area contributed by atoms with Gasteiger partial charge in [0.15, 0.2) is 5.82 Å². The molecule has 0 spiro atoms. The van der Waals surface area contributed by atoms with Crippen LogP contribution in [0.25, 0.3) is 11.0 Å². The predicted octanol–water partition coefficient (Wildman–Crippen LogP) is 3.06. The fraction of sp³-hybridized carbons (Fsp3) is 0.133. The fourth-order valence-corrected chi connectivity index (χ4v) is 2.09. The van der Waals surface area contributed by atoms with Crippen LogP contribution < -0.4 is 0 Å². The van der Waals surface area contributed by atoms with Gasteiger partial charge < -0.3 is 0 Å². The first-order valence-corrected chi connectivity index (χ1v) is 6.04. The molecule has 0 unspecified atom stereocenters. The van der Waals surface area contributed by atoms with Gasteiger partial charge in [-0.2, -0.15) is 0 Å². The molecule has 0 amide bonds. The third kappa shape index (κ3) is 2.42. The van der Waals surface area contributed by atoms with Gasteiger partial charge >= 0.3 is 0 Å². The number of aromatic nitrogens is 3. The molecule has 4 heteroatoms. The molecule has 3 nitrogen and oxygen atoms in total. The second-order valence-electron chi connectivity index (χ2n) is 4.45. The Morgan fingerprint density at radius 1 is 1.11 bits per heavy atom. The third-order valence-electron chi connectivity index (χ3n) is 2.92. The van der Waals surface area contributed by atoms with E-state index in [-0.39, 0.29) is 5.82 Å². The van der Waals surface area contributed by atoms with Crippen LogP contribution in [0.1, 0.15) is 17.0 Å². The first-order valence-electron chi connectivity index (χ1n) is 6.04. The Labute approximate surface area is 110 Å². The van der Waals surface area contributed by atoms with Gasteiger partial charge in [-0.15, -0.1) is 0 Å². The van der Waals surface area contributed by atoms with E-state index in [0.717, 1.165) is 11.3 Å². The van der Waals surface area contributed by atoms with E-state index < -0.39 is 0 Å². The van der Waals surface area contributed by atoms with Crippen molar-refractivity contribution in [2.24, 2.45) is 0 Å². The summed E-state index contributed by atoms with van der Waals surface area (Å²) in [6, 6.07) is 8.87. The van der Waals surface area contributed by atoms with E-state index in [1.807, 2.05) is 19.1 Å². The Bertz CT molecular complexity index is 740. The lowest BCUT2D eigenvalue weighted by Crippen LogP contribution is -1.97. The van der Waals surface area contributed by atoms with Crippen molar-refractivity contribution in [3.63, 3.8) is 0 Å². The molecule has 0 bridgehead atoms. The van der Waals surface area contributed by atoms with Gasteiger partial charge in [0.1, 0.15) is 5.52 Å². The number of hydrogen-bond acceptors (Lipinski definition) is 3. The van der Waals surface area contributed by atoms with Gasteiger partial charge in [0.25, 0.3) is 0 Å². The van der Waals surface area contributed by atoms with Gasteiger partial charge in [-0.05, 0) is 42.8 Å². The maximum absolute atomic E-state index is 13.9. The van der Waals surface area contributed by atoms with E-state index in [0.29, 0.717) is 23.1 Å². The molecule has 0 saturated heterocycles. The van der Waals surface area contributed by atoms with Gasteiger partial charge in [0.05, 0.1) is 5.52 Å². The maximum atomic E-state index is 13.9. The number of fused-ring (bicyclic) bond motifs is 1. The third-order valence-corrected chi connectivity index (χ3v) is 2.92. The summed E-state index contributed by atoms with van der Waals surface area (Å²) >= 11 is 0. The highest BCUT2D eigenvalue weighted by Gasteiger charge is 2.07. The average Bonchev–Trinajstić information content (AvgIpc) is 2.39. The molecule has 3 heterocycles. The van der Waals surface area contributed by atoms with Crippen LogP contribution in [0.4, 0.5) is 4.39 Å². The summed E-state index contributed by atoms with van der Waals surface area (Å²) in [5.41, 5.74) is 3.62. The Balaban J connectivity index is 2.02. The predicted molar refractivity (Wildman–Crippen MR) is 71.3 cm³/mol. The van der Waals surface area contributed by atoms with Crippen molar-refractivity contribution in [2.75, 3.05) is 0 Å². The van der Waals surface area contributed by atoms with Crippen LogP contribution in [-0.2, 0) is 6.42 Å². The zero-order valence-corrected chi connectivity index (χ0v) is 10.5. The van der Waals surface area contributed by atoms with E-state index in [4.69, 9.17) is 0 Å². The molecule has 0 N–H and O–H groups in total. The van der Waals surface area contributed by atoms with E-state index in [1.54, 1.807) is 24.5 Å². The summed E-state index contributed by atoms with van der Waals surface area (Å²) in [5.74, 6) is -0.327. The summed E-state index contributed by atoms with van der Waals surface area (Å²) < 4.78 is 13.9. The van der Waals surface area contributed by atoms with Gasteiger partial charge in [-0.25, -0.2) is 4.39 Å². The van der Waals surface area contributed by atoms with Crippen molar-refractivity contribution in [2.45, 2.75) is 13.3 Å². The van der Waals surface area contributed by atoms with Gasteiger partial charge in [0, 0.05) is 30.2 Å². The first-order chi connectivity index (χ1) is 9.22. The highest BCUT2D eigenvalue weighted by molar-refractivity contribution is 5.74. The van der Waals surface area contributed by atoms with Crippen molar-refractivity contribution in [3.05, 3.63) is 65.5 Å². The summed E-state index contributed by atoms with van der Waals surface area (Å²) in [4.78, 5) is 12.6. The molecule has 19 heavy (non-hydrogen) atoms. The number of halogens is 1. The van der Waals surface area contributed by atoms with E-state index in [2.05, 4.69) is 15.0 Å². The Morgan fingerprint density at radius 3 is 2.84 bits per heavy atom. The number of aryl methyl sites for hydroxylation is 1. The Morgan fingerprint density at radius 2 is 2.00 bits per heavy atom. The summed E-state index contributed by atoms with van der Waals surface area (Å²) in [7, 11) is 0. The molecular weight excluding hydrogens is 241 g/mol. The SMILES string of the molecule is Cc1cc(Cc2cc(F)c3ncccc3n2)ccn1. The van der Waals surface area contributed by atoms with Crippen molar-refractivity contribution < 1.29 is 4.39 Å². The second-order valence-corrected chi connectivity index (χ2v) is 4.45. The fourth-order valence-electron chi connectivity index (χ4n) is 2.09. The van der Waals surface area contributed by atoms with Crippen molar-refractivity contribution in [3.8, 4) is 0 Å². The molecule has 3 aromatic heterocycles. The number of rotatable bonds is 2. The largest absolute Gasteiger partial charge is 0.262 e. The molecule has 3 rings (SSSR count). The minimum atomic E-state index is -0.327. The minimum absolute atomic E-state index is 0.317. The molecule has 3 aromatic rings. The van der Waals surface area contributed by atoms with Crippen LogP contribution in [0.3, 0.4) is 0 Å². The van der Waals surface area contributed by atoms with Crippen LogP contribution in [0.15, 0.2) is 42.7 Å². The lowest BCUT2D eigenvalue weighted by atomic mass is 10.1. The molecule has 0 aromatic carbocycles. The van der Waals surface area contributed by atoms with E-state index in [1.165, 1.54) is 6.07 Å². The summed E-state index contributed by atoms with van der Waals surface area (Å²) in [5, 5.41) is 0. The average molecular weight is 253 g/mol. The normalized spacial score (nSPS) is 10.8. The van der Waals surface area contributed by atoms with E-state index in [9.17, 15) is 4.39 Å². The zero-order valence-electron chi connectivity index (χ0n) is 10.5. The standard InChI is InChI=1S/C15H12FN3/c1-10-7-11(4-6-17-10)8-12-9-13(16)15-14(19-12)3-2-5-18-15/h2-7,9H,8H2,1H3. The second kappa shape index (κ2) is 4.72. The van der Waals surface area contributed by atoms with Gasteiger partial charge in [-0.3, -0.25) is 15.0 Å². The molecule has 0 aliphatic carbocycles. The number of hydrogen-bond donors (Lipinski definition) is 0. The smallest absolute Gasteiger partial charge is 0.152 e. The lowest BCUT2D eigenvalue weighted by molar-refractivity contribution is 0.633. The Kier molecular flexibility index (Phi) is 2.91. The van der Waals surface area contributed by atoms with Crippen molar-refractivity contribution in [1.29, 1.82) is 0 Å². The van der Waals surface area contributed by atoms with Crippen LogP contribution in [0.5, 0.6) is 0 Å². The molecule has 0 radical (unpaired) electrons. The van der Waals surface area contributed by atoms with Crippen LogP contribution in [0.2, 0.25) is 0 Å². The minimum Gasteiger partial charge on any atom is -0.262 e. The quantitative estimate of drug-likeness (QED) is 0.704. The van der Waals surface area contributed by atoms with Crippen LogP contribution in [-0.4, -0.2) is 15.0 Å². The van der Waals surface area contributed by atoms with Crippen molar-refractivity contribution in [1.82, 2.24) is 15.0 Å². The Hall–Kier alpha value is -2.36.